The number of hydrogen-bond donors (Lipinski definition) is 0. The predicted octanol–water partition coefficient (Wildman–Crippen LogP) is 3.52. The van der Waals surface area contributed by atoms with Crippen LogP contribution in [0.2, 0.25) is 0 Å². The molecular formula is C17H25BrN2O. The van der Waals surface area contributed by atoms with Gasteiger partial charge in [-0.15, -0.1) is 0 Å². The molecule has 2 aliphatic rings. The van der Waals surface area contributed by atoms with Crippen LogP contribution in [0.25, 0.3) is 0 Å². The highest BCUT2D eigenvalue weighted by Gasteiger charge is 2.19. The van der Waals surface area contributed by atoms with Gasteiger partial charge in [0.15, 0.2) is 0 Å². The summed E-state index contributed by atoms with van der Waals surface area (Å²) in [7, 11) is 0. The van der Waals surface area contributed by atoms with Crippen molar-refractivity contribution < 1.29 is 4.74 Å². The van der Waals surface area contributed by atoms with Gasteiger partial charge in [0.2, 0.25) is 0 Å². The zero-order valence-corrected chi connectivity index (χ0v) is 14.4. The molecule has 0 unspecified atom stereocenters. The van der Waals surface area contributed by atoms with Gasteiger partial charge in [-0.25, -0.2) is 0 Å². The number of halogens is 1. The molecule has 2 fully saturated rings. The molecule has 21 heavy (non-hydrogen) atoms. The summed E-state index contributed by atoms with van der Waals surface area (Å²) in [6, 6.07) is 6.73. The third kappa shape index (κ3) is 3.99. The fourth-order valence-electron chi connectivity index (χ4n) is 3.23. The first kappa shape index (κ1) is 15.3. The second-order valence-electron chi connectivity index (χ2n) is 6.33. The molecule has 0 bridgehead atoms. The average Bonchev–Trinajstić information content (AvgIpc) is 2.52. The summed E-state index contributed by atoms with van der Waals surface area (Å²) in [5.74, 6) is 0.893. The second kappa shape index (κ2) is 7.12. The highest BCUT2D eigenvalue weighted by atomic mass is 79.9. The van der Waals surface area contributed by atoms with Gasteiger partial charge in [-0.2, -0.15) is 0 Å². The monoisotopic (exact) mass is 352 g/mol. The van der Waals surface area contributed by atoms with E-state index in [9.17, 15) is 0 Å². The minimum atomic E-state index is 0.840. The maximum Gasteiger partial charge on any atom is 0.0642 e. The molecule has 0 aliphatic carbocycles. The standard InChI is InChI=1S/C17H25BrN2O/c1-14-4-6-19(7-5-14)13-15-2-3-16(18)12-17(15)20-8-10-21-11-9-20/h2-3,12,14H,4-11,13H2,1H3. The van der Waals surface area contributed by atoms with Crippen LogP contribution >= 0.6 is 15.9 Å². The highest BCUT2D eigenvalue weighted by Crippen LogP contribution is 2.28. The SMILES string of the molecule is CC1CCN(Cc2ccc(Br)cc2N2CCOCC2)CC1. The van der Waals surface area contributed by atoms with Gasteiger partial charge in [-0.3, -0.25) is 4.90 Å². The largest absolute Gasteiger partial charge is 0.378 e. The Balaban J connectivity index is 1.74. The maximum absolute atomic E-state index is 5.49. The zero-order chi connectivity index (χ0) is 14.7. The number of rotatable bonds is 3. The molecule has 1 aromatic rings. The van der Waals surface area contributed by atoms with Crippen LogP contribution < -0.4 is 4.90 Å². The molecule has 0 radical (unpaired) electrons. The van der Waals surface area contributed by atoms with Crippen LogP contribution in [0.5, 0.6) is 0 Å². The lowest BCUT2D eigenvalue weighted by Gasteiger charge is -2.34. The third-order valence-corrected chi connectivity index (χ3v) is 5.16. The van der Waals surface area contributed by atoms with Gasteiger partial charge in [0.05, 0.1) is 13.2 Å². The van der Waals surface area contributed by atoms with Gasteiger partial charge in [-0.05, 0) is 49.5 Å². The molecule has 0 saturated carbocycles. The molecule has 2 aliphatic heterocycles. The maximum atomic E-state index is 5.49. The summed E-state index contributed by atoms with van der Waals surface area (Å²) in [6.45, 7) is 9.60. The van der Waals surface area contributed by atoms with Crippen molar-refractivity contribution in [3.63, 3.8) is 0 Å². The normalized spacial score (nSPS) is 21.7. The van der Waals surface area contributed by atoms with E-state index in [1.54, 1.807) is 0 Å². The van der Waals surface area contributed by atoms with E-state index in [1.807, 2.05) is 0 Å². The van der Waals surface area contributed by atoms with E-state index < -0.39 is 0 Å². The predicted molar refractivity (Wildman–Crippen MR) is 90.8 cm³/mol. The molecule has 0 N–H and O–H groups in total. The minimum absolute atomic E-state index is 0.840. The molecule has 3 rings (SSSR count). The molecule has 0 spiro atoms. The number of ether oxygens (including phenoxy) is 1. The quantitative estimate of drug-likeness (QED) is 0.827. The molecule has 3 nitrogen and oxygen atoms in total. The molecule has 0 amide bonds. The first-order chi connectivity index (χ1) is 10.2. The van der Waals surface area contributed by atoms with E-state index in [0.29, 0.717) is 0 Å². The third-order valence-electron chi connectivity index (χ3n) is 4.67. The van der Waals surface area contributed by atoms with Gasteiger partial charge in [0.25, 0.3) is 0 Å². The van der Waals surface area contributed by atoms with Gasteiger partial charge in [-0.1, -0.05) is 28.9 Å². The number of likely N-dealkylation sites (tertiary alicyclic amines) is 1. The second-order valence-corrected chi connectivity index (χ2v) is 7.25. The number of piperidine rings is 1. The molecule has 4 heteroatoms. The van der Waals surface area contributed by atoms with Crippen LogP contribution in [0, 0.1) is 5.92 Å². The lowest BCUT2D eigenvalue weighted by molar-refractivity contribution is 0.122. The topological polar surface area (TPSA) is 15.7 Å². The fourth-order valence-corrected chi connectivity index (χ4v) is 3.58. The molecule has 116 valence electrons. The van der Waals surface area contributed by atoms with E-state index >= 15 is 0 Å². The smallest absolute Gasteiger partial charge is 0.0642 e. The van der Waals surface area contributed by atoms with E-state index in [0.717, 1.165) is 38.8 Å². The lowest BCUT2D eigenvalue weighted by atomic mass is 9.98. The first-order valence-electron chi connectivity index (χ1n) is 8.06. The molecule has 1 aromatic carbocycles. The molecular weight excluding hydrogens is 328 g/mol. The number of anilines is 1. The van der Waals surface area contributed by atoms with Crippen molar-refractivity contribution in [2.75, 3.05) is 44.3 Å². The van der Waals surface area contributed by atoms with Gasteiger partial charge >= 0.3 is 0 Å². The minimum Gasteiger partial charge on any atom is -0.378 e. The van der Waals surface area contributed by atoms with Crippen molar-refractivity contribution in [2.45, 2.75) is 26.3 Å². The Morgan fingerprint density at radius 3 is 2.57 bits per heavy atom. The Labute approximate surface area is 136 Å². The first-order valence-corrected chi connectivity index (χ1v) is 8.85. The number of morpholine rings is 1. The van der Waals surface area contributed by atoms with E-state index in [2.05, 4.69) is 50.9 Å². The lowest BCUT2D eigenvalue weighted by Crippen LogP contribution is -2.38. The van der Waals surface area contributed by atoms with E-state index in [-0.39, 0.29) is 0 Å². The van der Waals surface area contributed by atoms with Gasteiger partial charge < -0.3 is 9.64 Å². The summed E-state index contributed by atoms with van der Waals surface area (Å²) in [6.07, 6.45) is 2.67. The molecule has 2 heterocycles. The Bertz CT molecular complexity index is 466. The van der Waals surface area contributed by atoms with Crippen molar-refractivity contribution in [3.05, 3.63) is 28.2 Å². The summed E-state index contributed by atoms with van der Waals surface area (Å²) in [5, 5.41) is 0. The number of benzene rings is 1. The number of hydrogen-bond acceptors (Lipinski definition) is 3. The Kier molecular flexibility index (Phi) is 5.19. The van der Waals surface area contributed by atoms with Crippen LogP contribution in [-0.2, 0) is 11.3 Å². The van der Waals surface area contributed by atoms with E-state index in [4.69, 9.17) is 4.74 Å². The van der Waals surface area contributed by atoms with Crippen molar-refractivity contribution >= 4 is 21.6 Å². The highest BCUT2D eigenvalue weighted by molar-refractivity contribution is 9.10. The molecule has 2 saturated heterocycles. The fraction of sp³-hybridized carbons (Fsp3) is 0.647. The van der Waals surface area contributed by atoms with Crippen LogP contribution in [0.15, 0.2) is 22.7 Å². The van der Waals surface area contributed by atoms with Crippen LogP contribution in [0.1, 0.15) is 25.3 Å². The Morgan fingerprint density at radius 2 is 1.86 bits per heavy atom. The summed E-state index contributed by atoms with van der Waals surface area (Å²) < 4.78 is 6.66. The van der Waals surface area contributed by atoms with Crippen molar-refractivity contribution in [2.24, 2.45) is 5.92 Å². The Morgan fingerprint density at radius 1 is 1.14 bits per heavy atom. The van der Waals surface area contributed by atoms with Gasteiger partial charge in [0.1, 0.15) is 0 Å². The van der Waals surface area contributed by atoms with Gasteiger partial charge in [0, 0.05) is 29.8 Å². The number of nitrogens with zero attached hydrogens (tertiary/aromatic N) is 2. The Hall–Kier alpha value is -0.580. The van der Waals surface area contributed by atoms with Crippen molar-refractivity contribution in [1.82, 2.24) is 4.90 Å². The summed E-state index contributed by atoms with van der Waals surface area (Å²) >= 11 is 3.62. The van der Waals surface area contributed by atoms with Crippen LogP contribution in [0.3, 0.4) is 0 Å². The van der Waals surface area contributed by atoms with Crippen LogP contribution in [0.4, 0.5) is 5.69 Å². The molecule has 0 atom stereocenters. The summed E-state index contributed by atoms with van der Waals surface area (Å²) in [5.41, 5.74) is 2.83. The zero-order valence-electron chi connectivity index (χ0n) is 12.9. The van der Waals surface area contributed by atoms with Crippen molar-refractivity contribution in [1.29, 1.82) is 0 Å². The van der Waals surface area contributed by atoms with Crippen LogP contribution in [-0.4, -0.2) is 44.3 Å². The van der Waals surface area contributed by atoms with E-state index in [1.165, 1.54) is 41.7 Å². The summed E-state index contributed by atoms with van der Waals surface area (Å²) in [4.78, 5) is 5.07. The average molecular weight is 353 g/mol. The van der Waals surface area contributed by atoms with Crippen molar-refractivity contribution in [3.8, 4) is 0 Å². The molecule has 0 aromatic heterocycles.